The average molecular weight is 273 g/mol. The number of hydrogen-bond acceptors (Lipinski definition) is 3. The van der Waals surface area contributed by atoms with E-state index in [2.05, 4.69) is 4.99 Å². The van der Waals surface area contributed by atoms with Crippen LogP contribution in [0.25, 0.3) is 0 Å². The molecule has 1 atom stereocenters. The molecule has 102 valence electrons. The maximum atomic E-state index is 13.0. The summed E-state index contributed by atoms with van der Waals surface area (Å²) in [6.07, 6.45) is 0. The summed E-state index contributed by atoms with van der Waals surface area (Å²) in [5.41, 5.74) is 7.59. The highest BCUT2D eigenvalue weighted by Crippen LogP contribution is 2.31. The van der Waals surface area contributed by atoms with Crippen LogP contribution in [0.2, 0.25) is 0 Å². The summed E-state index contributed by atoms with van der Waals surface area (Å²) in [4.78, 5) is 6.06. The number of rotatable bonds is 2. The molecule has 3 rings (SSSR count). The molecule has 1 heterocycles. The third-order valence-corrected chi connectivity index (χ3v) is 3.34. The summed E-state index contributed by atoms with van der Waals surface area (Å²) in [6.45, 7) is 0.495. The monoisotopic (exact) mass is 273 g/mol. The zero-order valence-electron chi connectivity index (χ0n) is 10.6. The van der Waals surface area contributed by atoms with Crippen molar-refractivity contribution in [3.05, 3.63) is 65.7 Å². The van der Waals surface area contributed by atoms with E-state index in [0.717, 1.165) is 11.3 Å². The quantitative estimate of drug-likeness (QED) is 0.914. The number of aliphatic imine (C=N–C) groups is 1. The van der Waals surface area contributed by atoms with Gasteiger partial charge >= 0.3 is 0 Å². The van der Waals surface area contributed by atoms with Crippen molar-refractivity contribution in [1.29, 1.82) is 0 Å². The molecule has 20 heavy (non-hydrogen) atoms. The van der Waals surface area contributed by atoms with Gasteiger partial charge in [0.2, 0.25) is 0 Å². The Hall–Kier alpha value is -2.43. The summed E-state index contributed by atoms with van der Waals surface area (Å²) in [5.74, 6) is -0.207. The van der Waals surface area contributed by atoms with Crippen LogP contribution in [0.1, 0.15) is 11.6 Å². The zero-order chi connectivity index (χ0) is 14.1. The van der Waals surface area contributed by atoms with Crippen LogP contribution in [-0.4, -0.2) is 12.5 Å². The van der Waals surface area contributed by atoms with Gasteiger partial charge in [-0.25, -0.2) is 8.78 Å². The van der Waals surface area contributed by atoms with Crippen molar-refractivity contribution >= 4 is 11.6 Å². The van der Waals surface area contributed by atoms with E-state index in [9.17, 15) is 8.78 Å². The highest BCUT2D eigenvalue weighted by Gasteiger charge is 2.28. The van der Waals surface area contributed by atoms with Crippen molar-refractivity contribution in [3.63, 3.8) is 0 Å². The average Bonchev–Trinajstić information content (AvgIpc) is 2.83. The molecule has 2 N–H and O–H groups in total. The topological polar surface area (TPSA) is 41.6 Å². The molecule has 0 fully saturated rings. The molecule has 0 spiro atoms. The second kappa shape index (κ2) is 4.92. The number of benzene rings is 2. The van der Waals surface area contributed by atoms with Gasteiger partial charge < -0.3 is 10.6 Å². The van der Waals surface area contributed by atoms with Gasteiger partial charge in [-0.1, -0.05) is 12.1 Å². The van der Waals surface area contributed by atoms with E-state index >= 15 is 0 Å². The maximum Gasteiger partial charge on any atom is 0.196 e. The van der Waals surface area contributed by atoms with Crippen molar-refractivity contribution in [3.8, 4) is 0 Å². The Labute approximate surface area is 115 Å². The second-order valence-electron chi connectivity index (χ2n) is 4.61. The van der Waals surface area contributed by atoms with E-state index < -0.39 is 0 Å². The van der Waals surface area contributed by atoms with Crippen LogP contribution in [-0.2, 0) is 0 Å². The molecule has 0 aliphatic carbocycles. The van der Waals surface area contributed by atoms with E-state index in [1.165, 1.54) is 24.3 Å². The summed E-state index contributed by atoms with van der Waals surface area (Å²) in [5, 5.41) is 0. The smallest absolute Gasteiger partial charge is 0.196 e. The molecule has 5 heteroatoms. The predicted molar refractivity (Wildman–Crippen MR) is 74.5 cm³/mol. The lowest BCUT2D eigenvalue weighted by molar-refractivity contribution is 0.624. The molecule has 0 saturated carbocycles. The fourth-order valence-electron chi connectivity index (χ4n) is 2.35. The molecule has 0 radical (unpaired) electrons. The molecular formula is C15H13F2N3. The van der Waals surface area contributed by atoms with E-state index in [1.54, 1.807) is 24.3 Å². The molecule has 1 aliphatic heterocycles. The van der Waals surface area contributed by atoms with Gasteiger partial charge in [0.05, 0.1) is 12.6 Å². The van der Waals surface area contributed by atoms with Crippen LogP contribution >= 0.6 is 0 Å². The lowest BCUT2D eigenvalue weighted by Crippen LogP contribution is -2.36. The van der Waals surface area contributed by atoms with Gasteiger partial charge in [-0.15, -0.1) is 0 Å². The lowest BCUT2D eigenvalue weighted by Gasteiger charge is -2.26. The normalized spacial score (nSPS) is 18.2. The van der Waals surface area contributed by atoms with Gasteiger partial charge in [-0.05, 0) is 42.0 Å². The number of guanidine groups is 1. The molecule has 2 aromatic rings. The fourth-order valence-corrected chi connectivity index (χ4v) is 2.35. The molecule has 0 bridgehead atoms. The van der Waals surface area contributed by atoms with E-state index in [4.69, 9.17) is 5.73 Å². The Morgan fingerprint density at radius 1 is 0.950 bits per heavy atom. The van der Waals surface area contributed by atoms with Crippen LogP contribution in [0.15, 0.2) is 53.5 Å². The van der Waals surface area contributed by atoms with Gasteiger partial charge in [0.25, 0.3) is 0 Å². The molecule has 3 nitrogen and oxygen atoms in total. The Morgan fingerprint density at radius 3 is 2.10 bits per heavy atom. The third kappa shape index (κ3) is 2.22. The summed E-state index contributed by atoms with van der Waals surface area (Å²) in [6, 6.07) is 12.2. The molecule has 1 aliphatic rings. The first kappa shape index (κ1) is 12.6. The second-order valence-corrected chi connectivity index (χ2v) is 4.61. The van der Waals surface area contributed by atoms with Crippen LogP contribution in [0.3, 0.4) is 0 Å². The molecule has 1 unspecified atom stereocenters. The minimum absolute atomic E-state index is 0.0962. The Bertz CT molecular complexity index is 635. The van der Waals surface area contributed by atoms with Crippen LogP contribution in [0.5, 0.6) is 0 Å². The van der Waals surface area contributed by atoms with Crippen molar-refractivity contribution in [2.75, 3.05) is 11.4 Å². The number of nitrogens with zero attached hydrogens (tertiary/aromatic N) is 2. The van der Waals surface area contributed by atoms with Gasteiger partial charge in [0, 0.05) is 5.69 Å². The Balaban J connectivity index is 1.96. The maximum absolute atomic E-state index is 13.0. The van der Waals surface area contributed by atoms with E-state index in [1.807, 2.05) is 4.90 Å². The minimum atomic E-state index is -0.304. The fraction of sp³-hybridized carbons (Fsp3) is 0.133. The van der Waals surface area contributed by atoms with Crippen molar-refractivity contribution in [1.82, 2.24) is 0 Å². The summed E-state index contributed by atoms with van der Waals surface area (Å²) in [7, 11) is 0. The van der Waals surface area contributed by atoms with Crippen molar-refractivity contribution < 1.29 is 8.78 Å². The van der Waals surface area contributed by atoms with Gasteiger partial charge in [0.1, 0.15) is 11.6 Å². The SMILES string of the molecule is NC1=NCC(c2ccc(F)cc2)N1c1ccc(F)cc1. The highest BCUT2D eigenvalue weighted by molar-refractivity contribution is 5.97. The van der Waals surface area contributed by atoms with Crippen LogP contribution < -0.4 is 10.6 Å². The van der Waals surface area contributed by atoms with Gasteiger partial charge in [-0.2, -0.15) is 0 Å². The number of anilines is 1. The molecule has 0 amide bonds. The largest absolute Gasteiger partial charge is 0.369 e. The minimum Gasteiger partial charge on any atom is -0.369 e. The first-order valence-electron chi connectivity index (χ1n) is 6.25. The first-order chi connectivity index (χ1) is 9.65. The van der Waals surface area contributed by atoms with E-state index in [-0.39, 0.29) is 17.7 Å². The molecule has 2 aromatic carbocycles. The van der Waals surface area contributed by atoms with E-state index in [0.29, 0.717) is 12.5 Å². The van der Waals surface area contributed by atoms with Gasteiger partial charge in [0.15, 0.2) is 5.96 Å². The zero-order valence-corrected chi connectivity index (χ0v) is 10.6. The molecule has 0 saturated heterocycles. The first-order valence-corrected chi connectivity index (χ1v) is 6.25. The highest BCUT2D eigenvalue weighted by atomic mass is 19.1. The standard InChI is InChI=1S/C15H13F2N3/c16-11-3-1-10(2-4-11)14-9-19-15(18)20(14)13-7-5-12(17)6-8-13/h1-8,14H,9H2,(H2,18,19). The van der Waals surface area contributed by atoms with Gasteiger partial charge in [-0.3, -0.25) is 4.99 Å². The van der Waals surface area contributed by atoms with Crippen LogP contribution in [0, 0.1) is 11.6 Å². The van der Waals surface area contributed by atoms with Crippen molar-refractivity contribution in [2.24, 2.45) is 10.7 Å². The summed E-state index contributed by atoms with van der Waals surface area (Å²) < 4.78 is 26.0. The van der Waals surface area contributed by atoms with Crippen molar-refractivity contribution in [2.45, 2.75) is 6.04 Å². The number of halogens is 2. The lowest BCUT2D eigenvalue weighted by atomic mass is 10.1. The number of nitrogens with two attached hydrogens (primary N) is 1. The Kier molecular flexibility index (Phi) is 3.10. The molecule has 0 aromatic heterocycles. The third-order valence-electron chi connectivity index (χ3n) is 3.34. The molecular weight excluding hydrogens is 260 g/mol. The predicted octanol–water partition coefficient (Wildman–Crippen LogP) is 2.84. The summed E-state index contributed by atoms with van der Waals surface area (Å²) >= 11 is 0. The van der Waals surface area contributed by atoms with Crippen LogP contribution in [0.4, 0.5) is 14.5 Å². The Morgan fingerprint density at radius 2 is 1.50 bits per heavy atom. The number of hydrogen-bond donors (Lipinski definition) is 1.